The van der Waals surface area contributed by atoms with E-state index in [1.54, 1.807) is 16.8 Å². The van der Waals surface area contributed by atoms with Crippen molar-refractivity contribution < 1.29 is 24.5 Å². The van der Waals surface area contributed by atoms with Crippen LogP contribution < -0.4 is 16.3 Å². The van der Waals surface area contributed by atoms with Crippen molar-refractivity contribution in [2.75, 3.05) is 12.4 Å². The zero-order chi connectivity index (χ0) is 37.2. The van der Waals surface area contributed by atoms with Gasteiger partial charge in [-0.05, 0) is 61.8 Å². The summed E-state index contributed by atoms with van der Waals surface area (Å²) in [6, 6.07) is 12.6. The van der Waals surface area contributed by atoms with E-state index in [4.69, 9.17) is 20.3 Å². The van der Waals surface area contributed by atoms with Gasteiger partial charge in [-0.15, -0.1) is 0 Å². The van der Waals surface area contributed by atoms with Crippen LogP contribution in [0.1, 0.15) is 62.3 Å². The lowest BCUT2D eigenvalue weighted by molar-refractivity contribution is -0.151. The number of benzene rings is 1. The topological polar surface area (TPSA) is 147 Å². The average molecular weight is 655 g/mol. The second-order valence-electron chi connectivity index (χ2n) is 12.5. The molecule has 5 aromatic rings. The molecule has 4 heterocycles. The van der Waals surface area contributed by atoms with Gasteiger partial charge in [-0.2, -0.15) is 5.10 Å². The molecule has 2 aliphatic carbocycles. The summed E-state index contributed by atoms with van der Waals surface area (Å²) < 4.78 is 47.2. The lowest BCUT2D eigenvalue weighted by Crippen LogP contribution is -2.33. The molecule has 2 saturated carbocycles. The van der Waals surface area contributed by atoms with E-state index < -0.39 is 42.3 Å². The molecule has 2 N–H and O–H groups in total. The van der Waals surface area contributed by atoms with Crippen molar-refractivity contribution in [3.63, 3.8) is 0 Å². The molecule has 48 heavy (non-hydrogen) atoms. The lowest BCUT2D eigenvalue weighted by Gasteiger charge is -2.17. The fraction of sp³-hybridized carbons (Fsp3) is 0.371. The van der Waals surface area contributed by atoms with Gasteiger partial charge in [0.25, 0.3) is 0 Å². The molecule has 0 radical (unpaired) electrons. The standard InChI is InChI=1S/C35H38N8O5/c1-20(2)30-25-13-14-28(39-31(25)43(40-30)35(17-21(35)3)32(44)48-19-22-9-7-6-8-10-22)38-29-16-26-27(18-36-29)41(4)34(46)42(26)24-12-11-23(15-24)37-33(45)47-5/h6-10,13-14,16,18,21,23-24H,1,11-12,15,17,19H2,2-5H3,(H,37,45)(H,36,38,39)/t21-,23+,24+,35-/m0/s1/i4D3,23D. The number of ether oxygens (including phenoxy) is 2. The highest BCUT2D eigenvalue weighted by molar-refractivity contribution is 5.92. The smallest absolute Gasteiger partial charge is 0.407 e. The van der Waals surface area contributed by atoms with E-state index in [9.17, 15) is 14.4 Å². The molecule has 2 aliphatic rings. The number of aromatic nitrogens is 6. The van der Waals surface area contributed by atoms with Gasteiger partial charge < -0.3 is 20.1 Å². The monoisotopic (exact) mass is 654 g/mol. The van der Waals surface area contributed by atoms with E-state index in [0.717, 1.165) is 5.56 Å². The van der Waals surface area contributed by atoms with Crippen LogP contribution in [0.2, 0.25) is 0 Å². The van der Waals surface area contributed by atoms with Crippen LogP contribution in [-0.4, -0.2) is 54.1 Å². The summed E-state index contributed by atoms with van der Waals surface area (Å²) in [5.74, 6) is 0.143. The molecule has 4 atom stereocenters. The zero-order valence-electron chi connectivity index (χ0n) is 30.8. The molecule has 0 saturated heterocycles. The van der Waals surface area contributed by atoms with E-state index in [0.29, 0.717) is 45.5 Å². The molecular formula is C35H38N8O5. The SMILES string of the molecule is [2H]C([2H])([2H])n1c(=O)n([C@@H]2CC[C@@]([2H])(NC(=O)OC)C2)c2cc(Nc3ccc4c(C(=C)C)nn([C@@]5(C(=O)OCc6ccccc6)C[C@@H]5C)c4n3)ncc21. The summed E-state index contributed by atoms with van der Waals surface area (Å²) in [7, 11) is 1.20. The molecule has 0 unspecified atom stereocenters. The Labute approximate surface area is 282 Å². The van der Waals surface area contributed by atoms with Gasteiger partial charge in [-0.25, -0.2) is 29.0 Å². The van der Waals surface area contributed by atoms with Crippen molar-refractivity contribution in [3.8, 4) is 0 Å². The van der Waals surface area contributed by atoms with E-state index in [-0.39, 0.29) is 42.2 Å². The van der Waals surface area contributed by atoms with Gasteiger partial charge >= 0.3 is 17.8 Å². The fourth-order valence-electron chi connectivity index (χ4n) is 6.61. The minimum atomic E-state index is -2.80. The van der Waals surface area contributed by atoms with Gasteiger partial charge in [0.2, 0.25) is 0 Å². The molecule has 13 heteroatoms. The summed E-state index contributed by atoms with van der Waals surface area (Å²) in [5.41, 5.74) is 1.13. The Kier molecular flexibility index (Phi) is 6.63. The number of nitrogens with one attached hydrogen (secondary N) is 2. The van der Waals surface area contributed by atoms with Crippen molar-refractivity contribution in [1.29, 1.82) is 0 Å². The maximum Gasteiger partial charge on any atom is 0.407 e. The third-order valence-corrected chi connectivity index (χ3v) is 9.26. The van der Waals surface area contributed by atoms with Crippen molar-refractivity contribution in [3.05, 3.63) is 83.0 Å². The molecule has 7 rings (SSSR count). The Hall–Kier alpha value is -5.46. The quantitative estimate of drug-likeness (QED) is 0.205. The highest BCUT2D eigenvalue weighted by Gasteiger charge is 2.62. The number of rotatable bonds is 9. The normalized spacial score (nSPS) is 24.7. The van der Waals surface area contributed by atoms with Crippen LogP contribution >= 0.6 is 0 Å². The minimum absolute atomic E-state index is 0.0500. The number of pyridine rings is 2. The lowest BCUT2D eigenvalue weighted by atomic mass is 10.1. The first kappa shape index (κ1) is 26.6. The number of allylic oxidation sites excluding steroid dienone is 1. The summed E-state index contributed by atoms with van der Waals surface area (Å²) >= 11 is 0. The van der Waals surface area contributed by atoms with Crippen LogP contribution in [0.25, 0.3) is 27.6 Å². The van der Waals surface area contributed by atoms with Crippen LogP contribution in [-0.2, 0) is 33.4 Å². The van der Waals surface area contributed by atoms with Crippen LogP contribution in [0.3, 0.4) is 0 Å². The second-order valence-corrected chi connectivity index (χ2v) is 12.5. The number of aryl methyl sites for hydroxylation is 1. The Morgan fingerprint density at radius 1 is 1.17 bits per heavy atom. The number of amides is 1. The predicted octanol–water partition coefficient (Wildman–Crippen LogP) is 5.18. The number of carbonyl (C=O) groups excluding carboxylic acids is 2. The van der Waals surface area contributed by atoms with E-state index in [1.807, 2.05) is 50.2 Å². The molecule has 0 spiro atoms. The van der Waals surface area contributed by atoms with Crippen molar-refractivity contribution in [2.24, 2.45) is 12.9 Å². The number of anilines is 2. The van der Waals surface area contributed by atoms with Crippen LogP contribution in [0.5, 0.6) is 0 Å². The number of carbonyl (C=O) groups is 2. The van der Waals surface area contributed by atoms with Gasteiger partial charge in [-0.1, -0.05) is 43.8 Å². The first-order valence-corrected chi connectivity index (χ1v) is 15.7. The molecule has 1 aromatic carbocycles. The molecule has 13 nitrogen and oxygen atoms in total. The number of esters is 1. The average Bonchev–Trinajstić information content (AvgIpc) is 3.34. The first-order valence-electron chi connectivity index (χ1n) is 17.7. The van der Waals surface area contributed by atoms with E-state index in [1.165, 1.54) is 17.9 Å². The molecule has 2 fully saturated rings. The Morgan fingerprint density at radius 3 is 2.67 bits per heavy atom. The van der Waals surface area contributed by atoms with Gasteiger partial charge in [0.15, 0.2) is 11.2 Å². The summed E-state index contributed by atoms with van der Waals surface area (Å²) in [5, 5.41) is 11.2. The Bertz CT molecular complexity index is 2300. The summed E-state index contributed by atoms with van der Waals surface area (Å²) in [4.78, 5) is 48.6. The summed E-state index contributed by atoms with van der Waals surface area (Å²) in [6.45, 7) is 5.20. The highest BCUT2D eigenvalue weighted by Crippen LogP contribution is 2.52. The van der Waals surface area contributed by atoms with Gasteiger partial charge in [0.1, 0.15) is 18.2 Å². The number of fused-ring (bicyclic) bond motifs is 2. The van der Waals surface area contributed by atoms with Crippen LogP contribution in [0.15, 0.2) is 66.1 Å². The number of methoxy groups -OCH3 is 1. The molecular weight excluding hydrogens is 612 g/mol. The third kappa shape index (κ3) is 5.28. The number of hydrogen-bond donors (Lipinski definition) is 2. The third-order valence-electron chi connectivity index (χ3n) is 9.26. The van der Waals surface area contributed by atoms with Crippen LogP contribution in [0, 0.1) is 5.92 Å². The predicted molar refractivity (Wildman–Crippen MR) is 181 cm³/mol. The van der Waals surface area contributed by atoms with Crippen molar-refractivity contribution >= 4 is 51.3 Å². The van der Waals surface area contributed by atoms with E-state index in [2.05, 4.69) is 26.9 Å². The largest absolute Gasteiger partial charge is 0.459 e. The van der Waals surface area contributed by atoms with Crippen LogP contribution in [0.4, 0.5) is 16.4 Å². The van der Waals surface area contributed by atoms with Gasteiger partial charge in [0.05, 0.1) is 31.4 Å². The minimum Gasteiger partial charge on any atom is -0.459 e. The number of imidazole rings is 1. The van der Waals surface area contributed by atoms with Gasteiger partial charge in [-0.3, -0.25) is 9.13 Å². The maximum atomic E-state index is 13.7. The number of nitrogens with zero attached hydrogens (tertiary/aromatic N) is 6. The molecule has 0 bridgehead atoms. The molecule has 0 aliphatic heterocycles. The fourth-order valence-corrected chi connectivity index (χ4v) is 6.61. The van der Waals surface area contributed by atoms with Crippen molar-refractivity contribution in [1.82, 2.24) is 34.2 Å². The number of alkyl carbamates (subject to hydrolysis) is 1. The maximum absolute atomic E-state index is 13.7. The highest BCUT2D eigenvalue weighted by atomic mass is 16.5. The molecule has 1 amide bonds. The second kappa shape index (κ2) is 12.0. The Balaban J connectivity index is 1.25. The van der Waals surface area contributed by atoms with Gasteiger partial charge in [0, 0.05) is 34.6 Å². The molecule has 248 valence electrons. The number of hydrogen-bond acceptors (Lipinski definition) is 9. The van der Waals surface area contributed by atoms with E-state index >= 15 is 0 Å². The zero-order valence-corrected chi connectivity index (χ0v) is 26.8. The Morgan fingerprint density at radius 2 is 1.96 bits per heavy atom. The molecule has 4 aromatic heterocycles. The first-order chi connectivity index (χ1) is 24.6. The summed E-state index contributed by atoms with van der Waals surface area (Å²) in [6.07, 6.45) is 1.66. The van der Waals surface area contributed by atoms with Crippen molar-refractivity contribution in [2.45, 2.75) is 63.7 Å².